The fourth-order valence-electron chi connectivity index (χ4n) is 2.15. The summed E-state index contributed by atoms with van der Waals surface area (Å²) in [5.41, 5.74) is 1.06. The number of nitrogens with one attached hydrogen (secondary N) is 1. The van der Waals surface area contributed by atoms with E-state index in [0.717, 1.165) is 5.39 Å². The van der Waals surface area contributed by atoms with Crippen molar-refractivity contribution >= 4 is 28.7 Å². The standard InChI is InChI=1S/C16H15N3O5/c1-9-7-14(19-23-9)17-16(21)10(2)22-15(20)8-12-11-5-3-4-6-13(11)24-18-12/h3-7,10H,8H2,1-2H3,(H,17,19,21). The molecule has 0 saturated heterocycles. The fourth-order valence-corrected chi connectivity index (χ4v) is 2.15. The van der Waals surface area contributed by atoms with Gasteiger partial charge in [0.05, 0.1) is 6.42 Å². The maximum absolute atomic E-state index is 12.0. The first-order valence-corrected chi connectivity index (χ1v) is 7.30. The molecule has 3 aromatic rings. The normalized spacial score (nSPS) is 12.1. The Balaban J connectivity index is 1.58. The predicted molar refractivity (Wildman–Crippen MR) is 83.1 cm³/mol. The van der Waals surface area contributed by atoms with E-state index >= 15 is 0 Å². The minimum atomic E-state index is -0.979. The van der Waals surface area contributed by atoms with Crippen LogP contribution in [0.15, 0.2) is 39.4 Å². The first-order valence-electron chi connectivity index (χ1n) is 7.30. The average molecular weight is 329 g/mol. The second-order valence-corrected chi connectivity index (χ2v) is 5.25. The summed E-state index contributed by atoms with van der Waals surface area (Å²) in [7, 11) is 0. The number of aryl methyl sites for hydroxylation is 1. The van der Waals surface area contributed by atoms with Gasteiger partial charge in [0.25, 0.3) is 5.91 Å². The second-order valence-electron chi connectivity index (χ2n) is 5.25. The van der Waals surface area contributed by atoms with Crippen LogP contribution in [0.1, 0.15) is 18.4 Å². The van der Waals surface area contributed by atoms with Crippen molar-refractivity contribution in [2.24, 2.45) is 0 Å². The monoisotopic (exact) mass is 329 g/mol. The molecule has 24 heavy (non-hydrogen) atoms. The fraction of sp³-hybridized carbons (Fsp3) is 0.250. The van der Waals surface area contributed by atoms with Crippen LogP contribution in [0.4, 0.5) is 5.82 Å². The number of rotatable bonds is 5. The average Bonchev–Trinajstić information content (AvgIpc) is 3.14. The number of nitrogens with zero attached hydrogens (tertiary/aromatic N) is 2. The van der Waals surface area contributed by atoms with Gasteiger partial charge in [-0.1, -0.05) is 22.4 Å². The van der Waals surface area contributed by atoms with Crippen LogP contribution in [-0.2, 0) is 20.7 Å². The van der Waals surface area contributed by atoms with Crippen molar-refractivity contribution in [3.63, 3.8) is 0 Å². The Morgan fingerprint density at radius 3 is 2.79 bits per heavy atom. The Kier molecular flexibility index (Phi) is 4.28. The summed E-state index contributed by atoms with van der Waals surface area (Å²) in [5, 5.41) is 10.7. The highest BCUT2D eigenvalue weighted by Crippen LogP contribution is 2.18. The SMILES string of the molecule is Cc1cc(NC(=O)C(C)OC(=O)Cc2noc3ccccc23)no1. The molecule has 1 atom stereocenters. The van der Waals surface area contributed by atoms with Crippen LogP contribution >= 0.6 is 0 Å². The number of carbonyl (C=O) groups is 2. The largest absolute Gasteiger partial charge is 0.452 e. The van der Waals surface area contributed by atoms with Crippen molar-refractivity contribution in [1.82, 2.24) is 10.3 Å². The zero-order valence-corrected chi connectivity index (χ0v) is 13.1. The molecule has 0 spiro atoms. The van der Waals surface area contributed by atoms with Gasteiger partial charge < -0.3 is 19.1 Å². The minimum absolute atomic E-state index is 0.0856. The maximum Gasteiger partial charge on any atom is 0.312 e. The zero-order valence-electron chi connectivity index (χ0n) is 13.1. The molecule has 0 fully saturated rings. The number of benzene rings is 1. The summed E-state index contributed by atoms with van der Waals surface area (Å²) in [4.78, 5) is 24.0. The van der Waals surface area contributed by atoms with Crippen molar-refractivity contribution in [3.8, 4) is 0 Å². The highest BCUT2D eigenvalue weighted by Gasteiger charge is 2.21. The van der Waals surface area contributed by atoms with Gasteiger partial charge in [-0.2, -0.15) is 0 Å². The van der Waals surface area contributed by atoms with E-state index in [9.17, 15) is 9.59 Å². The van der Waals surface area contributed by atoms with Gasteiger partial charge in [-0.05, 0) is 26.0 Å². The third-order valence-electron chi connectivity index (χ3n) is 3.32. The number of amides is 1. The van der Waals surface area contributed by atoms with Crippen LogP contribution in [0.25, 0.3) is 11.0 Å². The van der Waals surface area contributed by atoms with E-state index in [1.165, 1.54) is 6.92 Å². The van der Waals surface area contributed by atoms with Gasteiger partial charge in [-0.15, -0.1) is 0 Å². The topological polar surface area (TPSA) is 107 Å². The molecule has 0 bridgehead atoms. The number of hydrogen-bond donors (Lipinski definition) is 1. The molecule has 124 valence electrons. The lowest BCUT2D eigenvalue weighted by Crippen LogP contribution is -2.30. The third-order valence-corrected chi connectivity index (χ3v) is 3.32. The van der Waals surface area contributed by atoms with E-state index in [1.54, 1.807) is 25.1 Å². The van der Waals surface area contributed by atoms with E-state index in [1.807, 2.05) is 12.1 Å². The Bertz CT molecular complexity index is 883. The maximum atomic E-state index is 12.0. The molecule has 1 amide bonds. The van der Waals surface area contributed by atoms with Crippen LogP contribution in [0.3, 0.4) is 0 Å². The molecule has 0 saturated carbocycles. The molecular formula is C16H15N3O5. The van der Waals surface area contributed by atoms with Gasteiger partial charge in [0.2, 0.25) is 0 Å². The molecule has 0 aliphatic heterocycles. The van der Waals surface area contributed by atoms with Crippen LogP contribution in [0.5, 0.6) is 0 Å². The van der Waals surface area contributed by atoms with Crippen molar-refractivity contribution < 1.29 is 23.4 Å². The lowest BCUT2D eigenvalue weighted by molar-refractivity contribution is -0.152. The molecule has 2 aromatic heterocycles. The van der Waals surface area contributed by atoms with E-state index in [0.29, 0.717) is 17.0 Å². The van der Waals surface area contributed by atoms with E-state index < -0.39 is 18.0 Å². The van der Waals surface area contributed by atoms with Gasteiger partial charge in [0.1, 0.15) is 11.5 Å². The number of ether oxygens (including phenoxy) is 1. The van der Waals surface area contributed by atoms with Crippen LogP contribution in [0.2, 0.25) is 0 Å². The summed E-state index contributed by atoms with van der Waals surface area (Å²) in [6, 6.07) is 8.76. The van der Waals surface area contributed by atoms with Crippen molar-refractivity contribution in [2.45, 2.75) is 26.4 Å². The molecule has 8 heteroatoms. The summed E-state index contributed by atoms with van der Waals surface area (Å²) in [6.07, 6.45) is -1.06. The van der Waals surface area contributed by atoms with Crippen molar-refractivity contribution in [3.05, 3.63) is 41.8 Å². The van der Waals surface area contributed by atoms with Crippen molar-refractivity contribution in [1.29, 1.82) is 0 Å². The summed E-state index contributed by atoms with van der Waals surface area (Å²) < 4.78 is 15.1. The molecule has 3 rings (SSSR count). The van der Waals surface area contributed by atoms with E-state index in [2.05, 4.69) is 15.6 Å². The Morgan fingerprint density at radius 2 is 2.04 bits per heavy atom. The number of para-hydroxylation sites is 1. The second kappa shape index (κ2) is 6.53. The predicted octanol–water partition coefficient (Wildman–Crippen LogP) is 2.24. The van der Waals surface area contributed by atoms with E-state index in [4.69, 9.17) is 13.8 Å². The highest BCUT2D eigenvalue weighted by atomic mass is 16.5. The number of carbonyl (C=O) groups excluding carboxylic acids is 2. The van der Waals surface area contributed by atoms with Gasteiger partial charge in [-0.3, -0.25) is 9.59 Å². The van der Waals surface area contributed by atoms with Crippen LogP contribution in [0, 0.1) is 6.92 Å². The summed E-state index contributed by atoms with van der Waals surface area (Å²) >= 11 is 0. The molecule has 0 aliphatic carbocycles. The Labute approximate surface area is 136 Å². The number of esters is 1. The van der Waals surface area contributed by atoms with E-state index in [-0.39, 0.29) is 12.2 Å². The smallest absolute Gasteiger partial charge is 0.312 e. The number of hydrogen-bond acceptors (Lipinski definition) is 7. The lowest BCUT2D eigenvalue weighted by atomic mass is 10.2. The van der Waals surface area contributed by atoms with Gasteiger partial charge >= 0.3 is 5.97 Å². The summed E-state index contributed by atoms with van der Waals surface area (Å²) in [5.74, 6) is -0.245. The minimum Gasteiger partial charge on any atom is -0.452 e. The summed E-state index contributed by atoms with van der Waals surface area (Å²) in [6.45, 7) is 3.18. The van der Waals surface area contributed by atoms with Crippen molar-refractivity contribution in [2.75, 3.05) is 5.32 Å². The number of fused-ring (bicyclic) bond motifs is 1. The van der Waals surface area contributed by atoms with Crippen LogP contribution < -0.4 is 5.32 Å². The lowest BCUT2D eigenvalue weighted by Gasteiger charge is -2.11. The van der Waals surface area contributed by atoms with Crippen LogP contribution in [-0.4, -0.2) is 28.3 Å². The molecule has 0 aliphatic rings. The molecule has 8 nitrogen and oxygen atoms in total. The van der Waals surface area contributed by atoms with Gasteiger partial charge in [0, 0.05) is 11.5 Å². The molecule has 1 aromatic carbocycles. The molecule has 1 unspecified atom stereocenters. The number of aromatic nitrogens is 2. The molecule has 2 heterocycles. The molecule has 0 radical (unpaired) electrons. The Hall–Kier alpha value is -3.16. The third kappa shape index (κ3) is 3.43. The Morgan fingerprint density at radius 1 is 1.25 bits per heavy atom. The number of anilines is 1. The first kappa shape index (κ1) is 15.7. The highest BCUT2D eigenvalue weighted by molar-refractivity contribution is 5.94. The quantitative estimate of drug-likeness (QED) is 0.715. The molecular weight excluding hydrogens is 314 g/mol. The zero-order chi connectivity index (χ0) is 17.1. The van der Waals surface area contributed by atoms with Gasteiger partial charge in [-0.25, -0.2) is 0 Å². The molecule has 1 N–H and O–H groups in total. The first-order chi connectivity index (χ1) is 11.5. The van der Waals surface area contributed by atoms with Gasteiger partial charge in [0.15, 0.2) is 17.5 Å².